The van der Waals surface area contributed by atoms with Crippen molar-refractivity contribution in [3.8, 4) is 17.0 Å². The first kappa shape index (κ1) is 11.3. The van der Waals surface area contributed by atoms with Gasteiger partial charge in [-0.3, -0.25) is 0 Å². The number of rotatable bonds is 3. The second kappa shape index (κ2) is 4.78. The van der Waals surface area contributed by atoms with Gasteiger partial charge in [0.25, 0.3) is 0 Å². The Hall–Kier alpha value is -2.17. The summed E-state index contributed by atoms with van der Waals surface area (Å²) in [4.78, 5) is 3.93. The Morgan fingerprint density at radius 3 is 2.82 bits per heavy atom. The van der Waals surface area contributed by atoms with Gasteiger partial charge in [0.2, 0.25) is 0 Å². The normalized spacial score (nSPS) is 10.2. The van der Waals surface area contributed by atoms with E-state index in [0.717, 1.165) is 23.3 Å². The lowest BCUT2D eigenvalue weighted by Crippen LogP contribution is -1.99. The topological polar surface area (TPSA) is 73.9 Å². The fraction of sp³-hybridized carbons (Fsp3) is 0.250. The molecule has 0 saturated carbocycles. The molecule has 17 heavy (non-hydrogen) atoms. The van der Waals surface area contributed by atoms with Crippen molar-refractivity contribution in [2.75, 3.05) is 12.8 Å². The van der Waals surface area contributed by atoms with Crippen LogP contribution in [0, 0.1) is 0 Å². The Labute approximate surface area is 99.7 Å². The van der Waals surface area contributed by atoms with Crippen molar-refractivity contribution in [1.29, 1.82) is 0 Å². The second-order valence-corrected chi connectivity index (χ2v) is 3.57. The minimum atomic E-state index is 0.382. The van der Waals surface area contributed by atoms with Crippen LogP contribution in [0.25, 0.3) is 11.3 Å². The molecule has 1 aromatic carbocycles. The molecule has 0 saturated heterocycles. The van der Waals surface area contributed by atoms with Crippen LogP contribution in [0.1, 0.15) is 12.5 Å². The number of aromatic nitrogens is 3. The molecule has 0 bridgehead atoms. The van der Waals surface area contributed by atoms with Gasteiger partial charge in [0.05, 0.1) is 7.11 Å². The Morgan fingerprint density at radius 2 is 2.18 bits per heavy atom. The van der Waals surface area contributed by atoms with Crippen LogP contribution in [0.5, 0.6) is 5.75 Å². The molecule has 0 spiro atoms. The van der Waals surface area contributed by atoms with Gasteiger partial charge in [-0.1, -0.05) is 6.92 Å². The number of hydrogen-bond acceptors (Lipinski definition) is 5. The SMILES string of the molecule is CCc1cc(-c2nncnc2N)ccc1OC. The van der Waals surface area contributed by atoms with Crippen LogP contribution in [0.2, 0.25) is 0 Å². The zero-order chi connectivity index (χ0) is 12.3. The van der Waals surface area contributed by atoms with E-state index in [1.165, 1.54) is 6.33 Å². The number of nitrogens with two attached hydrogens (primary N) is 1. The van der Waals surface area contributed by atoms with E-state index in [0.29, 0.717) is 11.5 Å². The Kier molecular flexibility index (Phi) is 3.18. The lowest BCUT2D eigenvalue weighted by Gasteiger charge is -2.09. The molecule has 0 radical (unpaired) electrons. The van der Waals surface area contributed by atoms with Crippen LogP contribution in [-0.4, -0.2) is 22.3 Å². The lowest BCUT2D eigenvalue weighted by molar-refractivity contribution is 0.410. The van der Waals surface area contributed by atoms with E-state index in [4.69, 9.17) is 10.5 Å². The zero-order valence-corrected chi connectivity index (χ0v) is 9.84. The van der Waals surface area contributed by atoms with Gasteiger partial charge in [-0.25, -0.2) is 4.98 Å². The van der Waals surface area contributed by atoms with Gasteiger partial charge in [-0.15, -0.1) is 10.2 Å². The summed E-state index contributed by atoms with van der Waals surface area (Å²) in [6.07, 6.45) is 2.22. The molecule has 0 aliphatic heterocycles. The lowest BCUT2D eigenvalue weighted by atomic mass is 10.1. The van der Waals surface area contributed by atoms with Crippen LogP contribution in [0.15, 0.2) is 24.5 Å². The fourth-order valence-corrected chi connectivity index (χ4v) is 1.69. The summed E-state index contributed by atoms with van der Waals surface area (Å²) in [6, 6.07) is 5.81. The molecule has 5 nitrogen and oxygen atoms in total. The van der Waals surface area contributed by atoms with Gasteiger partial charge in [0.1, 0.15) is 17.8 Å². The highest BCUT2D eigenvalue weighted by Crippen LogP contribution is 2.27. The molecule has 88 valence electrons. The summed E-state index contributed by atoms with van der Waals surface area (Å²) >= 11 is 0. The maximum absolute atomic E-state index is 5.77. The van der Waals surface area contributed by atoms with Gasteiger partial charge >= 0.3 is 0 Å². The van der Waals surface area contributed by atoms with Crippen molar-refractivity contribution in [3.63, 3.8) is 0 Å². The summed E-state index contributed by atoms with van der Waals surface area (Å²) in [5, 5.41) is 7.75. The van der Waals surface area contributed by atoms with E-state index >= 15 is 0 Å². The molecule has 0 atom stereocenters. The Balaban J connectivity index is 2.50. The van der Waals surface area contributed by atoms with Gasteiger partial charge in [0, 0.05) is 5.56 Å². The number of methoxy groups -OCH3 is 1. The molecule has 1 heterocycles. The third kappa shape index (κ3) is 2.18. The molecule has 5 heteroatoms. The van der Waals surface area contributed by atoms with Crippen molar-refractivity contribution < 1.29 is 4.74 Å². The summed E-state index contributed by atoms with van der Waals surface area (Å²) < 4.78 is 5.27. The highest BCUT2D eigenvalue weighted by molar-refractivity contribution is 5.70. The molecular weight excluding hydrogens is 216 g/mol. The van der Waals surface area contributed by atoms with Crippen molar-refractivity contribution in [2.45, 2.75) is 13.3 Å². The minimum Gasteiger partial charge on any atom is -0.496 e. The van der Waals surface area contributed by atoms with Gasteiger partial charge < -0.3 is 10.5 Å². The molecular formula is C12H14N4O. The monoisotopic (exact) mass is 230 g/mol. The Morgan fingerprint density at radius 1 is 1.35 bits per heavy atom. The van der Waals surface area contributed by atoms with E-state index in [9.17, 15) is 0 Å². The number of aryl methyl sites for hydroxylation is 1. The van der Waals surface area contributed by atoms with E-state index in [1.54, 1.807) is 7.11 Å². The maximum Gasteiger partial charge on any atom is 0.153 e. The van der Waals surface area contributed by atoms with Crippen LogP contribution in [0.3, 0.4) is 0 Å². The van der Waals surface area contributed by atoms with Gasteiger partial charge in [-0.05, 0) is 30.2 Å². The number of anilines is 1. The van der Waals surface area contributed by atoms with E-state index in [1.807, 2.05) is 18.2 Å². The molecule has 0 aliphatic carbocycles. The number of nitrogens with zero attached hydrogens (tertiary/aromatic N) is 3. The molecule has 2 N–H and O–H groups in total. The van der Waals surface area contributed by atoms with E-state index < -0.39 is 0 Å². The van der Waals surface area contributed by atoms with Crippen LogP contribution >= 0.6 is 0 Å². The van der Waals surface area contributed by atoms with Crippen molar-refractivity contribution in [1.82, 2.24) is 15.2 Å². The standard InChI is InChI=1S/C12H14N4O/c1-3-8-6-9(4-5-10(8)17-2)11-12(13)14-7-15-16-11/h4-7H,3H2,1-2H3,(H2,13,14,15). The third-order valence-corrected chi connectivity index (χ3v) is 2.58. The first-order valence-corrected chi connectivity index (χ1v) is 5.36. The molecule has 0 aliphatic rings. The average Bonchev–Trinajstić information content (AvgIpc) is 2.38. The van der Waals surface area contributed by atoms with Crippen molar-refractivity contribution >= 4 is 5.82 Å². The number of hydrogen-bond donors (Lipinski definition) is 1. The number of benzene rings is 1. The van der Waals surface area contributed by atoms with Gasteiger partial charge in [0.15, 0.2) is 5.82 Å². The second-order valence-electron chi connectivity index (χ2n) is 3.57. The highest BCUT2D eigenvalue weighted by atomic mass is 16.5. The smallest absolute Gasteiger partial charge is 0.153 e. The molecule has 0 amide bonds. The quantitative estimate of drug-likeness (QED) is 0.868. The summed E-state index contributed by atoms with van der Waals surface area (Å²) in [5.41, 5.74) is 8.38. The molecule has 2 aromatic rings. The summed E-state index contributed by atoms with van der Waals surface area (Å²) in [5.74, 6) is 1.25. The molecule has 2 rings (SSSR count). The number of nitrogen functional groups attached to an aromatic ring is 1. The molecule has 0 fully saturated rings. The number of ether oxygens (including phenoxy) is 1. The van der Waals surface area contributed by atoms with Crippen LogP contribution in [0.4, 0.5) is 5.82 Å². The minimum absolute atomic E-state index is 0.382. The zero-order valence-electron chi connectivity index (χ0n) is 9.84. The Bertz CT molecular complexity index is 528. The van der Waals surface area contributed by atoms with Gasteiger partial charge in [-0.2, -0.15) is 0 Å². The van der Waals surface area contributed by atoms with Crippen molar-refractivity contribution in [3.05, 3.63) is 30.1 Å². The average molecular weight is 230 g/mol. The highest BCUT2D eigenvalue weighted by Gasteiger charge is 2.09. The summed E-state index contributed by atoms with van der Waals surface area (Å²) in [7, 11) is 1.66. The fourth-order valence-electron chi connectivity index (χ4n) is 1.69. The van der Waals surface area contributed by atoms with Crippen LogP contribution in [-0.2, 0) is 6.42 Å². The van der Waals surface area contributed by atoms with E-state index in [2.05, 4.69) is 22.1 Å². The largest absolute Gasteiger partial charge is 0.496 e. The van der Waals surface area contributed by atoms with Crippen LogP contribution < -0.4 is 10.5 Å². The van der Waals surface area contributed by atoms with E-state index in [-0.39, 0.29) is 0 Å². The summed E-state index contributed by atoms with van der Waals surface area (Å²) in [6.45, 7) is 2.07. The molecule has 1 aromatic heterocycles. The third-order valence-electron chi connectivity index (χ3n) is 2.58. The molecule has 0 unspecified atom stereocenters. The predicted molar refractivity (Wildman–Crippen MR) is 65.6 cm³/mol. The first-order valence-electron chi connectivity index (χ1n) is 5.36. The predicted octanol–water partition coefficient (Wildman–Crippen LogP) is 1.69. The van der Waals surface area contributed by atoms with Crippen molar-refractivity contribution in [2.24, 2.45) is 0 Å². The maximum atomic E-state index is 5.77. The first-order chi connectivity index (χ1) is 8.26.